The summed E-state index contributed by atoms with van der Waals surface area (Å²) in [5.74, 6) is 1.61. The van der Waals surface area contributed by atoms with Gasteiger partial charge in [-0.1, -0.05) is 39.3 Å². The summed E-state index contributed by atoms with van der Waals surface area (Å²) in [5.41, 5.74) is 9.27. The van der Waals surface area contributed by atoms with E-state index in [2.05, 4.69) is 55.3 Å². The summed E-state index contributed by atoms with van der Waals surface area (Å²) in [6, 6.07) is 9.68. The van der Waals surface area contributed by atoms with Crippen molar-refractivity contribution in [2.75, 3.05) is 18.0 Å². The third-order valence-corrected chi connectivity index (χ3v) is 7.72. The van der Waals surface area contributed by atoms with E-state index in [1.54, 1.807) is 0 Å². The number of nitrogens with one attached hydrogen (secondary N) is 1. The molecule has 2 unspecified atom stereocenters. The van der Waals surface area contributed by atoms with Crippen LogP contribution in [0.25, 0.3) is 0 Å². The number of anilines is 1. The van der Waals surface area contributed by atoms with E-state index in [4.69, 9.17) is 5.73 Å². The molecule has 0 aromatic heterocycles. The van der Waals surface area contributed by atoms with Crippen molar-refractivity contribution >= 4 is 11.6 Å². The minimum Gasteiger partial charge on any atom is -0.371 e. The highest BCUT2D eigenvalue weighted by Crippen LogP contribution is 2.42. The largest absolute Gasteiger partial charge is 0.371 e. The van der Waals surface area contributed by atoms with Gasteiger partial charge in [-0.05, 0) is 73.5 Å². The van der Waals surface area contributed by atoms with Crippen molar-refractivity contribution in [1.82, 2.24) is 5.32 Å². The summed E-state index contributed by atoms with van der Waals surface area (Å²) in [7, 11) is 0. The first-order valence-corrected chi connectivity index (χ1v) is 11.7. The van der Waals surface area contributed by atoms with Gasteiger partial charge in [0, 0.05) is 36.8 Å². The van der Waals surface area contributed by atoms with Gasteiger partial charge in [-0.15, -0.1) is 0 Å². The Labute approximate surface area is 176 Å². The lowest BCUT2D eigenvalue weighted by molar-refractivity contribution is -0.128. The molecule has 3 aliphatic rings. The first-order chi connectivity index (χ1) is 13.8. The number of hydrogen-bond donors (Lipinski definition) is 2. The molecule has 1 saturated heterocycles. The van der Waals surface area contributed by atoms with Gasteiger partial charge in [0.05, 0.1) is 0 Å². The maximum atomic E-state index is 12.9. The Kier molecular flexibility index (Phi) is 5.92. The van der Waals surface area contributed by atoms with E-state index in [9.17, 15) is 4.79 Å². The van der Waals surface area contributed by atoms with Gasteiger partial charge in [0.15, 0.2) is 0 Å². The summed E-state index contributed by atoms with van der Waals surface area (Å²) in [6.07, 6.45) is 7.80. The fraction of sp³-hybridized carbons (Fsp3) is 0.720. The SMILES string of the molecule is CC(C)(C)c1ccc(N2CCC(NC(=O)C3CC4CCCC(C3)C4N)CC2)cc1. The van der Waals surface area contributed by atoms with Gasteiger partial charge in [-0.2, -0.15) is 0 Å². The monoisotopic (exact) mass is 397 g/mol. The molecule has 4 rings (SSSR count). The van der Waals surface area contributed by atoms with Crippen LogP contribution < -0.4 is 16.0 Å². The number of benzene rings is 1. The molecule has 29 heavy (non-hydrogen) atoms. The Hall–Kier alpha value is -1.55. The summed E-state index contributed by atoms with van der Waals surface area (Å²) in [4.78, 5) is 15.4. The molecule has 1 aromatic rings. The van der Waals surface area contributed by atoms with Gasteiger partial charge < -0.3 is 16.0 Å². The van der Waals surface area contributed by atoms with E-state index in [1.165, 1.54) is 30.5 Å². The fourth-order valence-corrected chi connectivity index (χ4v) is 5.78. The number of nitrogens with two attached hydrogens (primary N) is 1. The zero-order valence-corrected chi connectivity index (χ0v) is 18.5. The van der Waals surface area contributed by atoms with Crippen molar-refractivity contribution in [3.05, 3.63) is 29.8 Å². The number of carbonyl (C=O) groups excluding carboxylic acids is 1. The zero-order valence-electron chi connectivity index (χ0n) is 18.5. The normalized spacial score (nSPS) is 30.8. The van der Waals surface area contributed by atoms with E-state index in [0.29, 0.717) is 29.8 Å². The number of carbonyl (C=O) groups is 1. The molecular formula is C25H39N3O. The number of piperidine rings is 1. The van der Waals surface area contributed by atoms with Crippen LogP contribution in [0.3, 0.4) is 0 Å². The maximum Gasteiger partial charge on any atom is 0.223 e. The molecule has 1 amide bonds. The minimum atomic E-state index is 0.188. The van der Waals surface area contributed by atoms with Crippen LogP contribution in [0, 0.1) is 17.8 Å². The standard InChI is InChI=1S/C25H39N3O/c1-25(2,3)20-7-9-22(10-8-20)28-13-11-21(12-14-28)27-24(29)19-15-17-5-4-6-18(16-19)23(17)26/h7-10,17-19,21,23H,4-6,11-16,26H2,1-3H3,(H,27,29). The number of hydrogen-bond acceptors (Lipinski definition) is 3. The number of nitrogens with zero attached hydrogens (tertiary/aromatic N) is 1. The molecule has 3 N–H and O–H groups in total. The Morgan fingerprint density at radius 2 is 1.59 bits per heavy atom. The highest BCUT2D eigenvalue weighted by atomic mass is 16.1. The number of rotatable bonds is 3. The predicted octanol–water partition coefficient (Wildman–Crippen LogP) is 4.22. The molecule has 1 aliphatic heterocycles. The summed E-state index contributed by atoms with van der Waals surface area (Å²) >= 11 is 0. The molecule has 4 heteroatoms. The molecule has 2 atom stereocenters. The van der Waals surface area contributed by atoms with Crippen molar-refractivity contribution in [2.45, 2.75) is 83.2 Å². The third-order valence-electron chi connectivity index (χ3n) is 7.72. The Morgan fingerprint density at radius 3 is 2.14 bits per heavy atom. The van der Waals surface area contributed by atoms with E-state index in [0.717, 1.165) is 38.8 Å². The molecular weight excluding hydrogens is 358 g/mol. The van der Waals surface area contributed by atoms with Gasteiger partial charge in [-0.3, -0.25) is 4.79 Å². The average molecular weight is 398 g/mol. The highest BCUT2D eigenvalue weighted by molar-refractivity contribution is 5.79. The van der Waals surface area contributed by atoms with Gasteiger partial charge in [0.25, 0.3) is 0 Å². The maximum absolute atomic E-state index is 12.9. The van der Waals surface area contributed by atoms with E-state index in [-0.39, 0.29) is 11.3 Å². The molecule has 2 saturated carbocycles. The van der Waals surface area contributed by atoms with Crippen molar-refractivity contribution in [3.8, 4) is 0 Å². The molecule has 3 fully saturated rings. The second kappa shape index (κ2) is 8.29. The van der Waals surface area contributed by atoms with E-state index >= 15 is 0 Å². The second-order valence-electron chi connectivity index (χ2n) is 10.8. The molecule has 2 bridgehead atoms. The van der Waals surface area contributed by atoms with Gasteiger partial charge in [0.2, 0.25) is 5.91 Å². The molecule has 1 aromatic carbocycles. The van der Waals surface area contributed by atoms with Crippen LogP contribution in [0.1, 0.15) is 71.3 Å². The Bertz CT molecular complexity index is 686. The Morgan fingerprint density at radius 1 is 1.00 bits per heavy atom. The average Bonchev–Trinajstić information content (AvgIpc) is 2.68. The smallest absolute Gasteiger partial charge is 0.223 e. The van der Waals surface area contributed by atoms with Gasteiger partial charge >= 0.3 is 0 Å². The molecule has 1 heterocycles. The van der Waals surface area contributed by atoms with Crippen LogP contribution in [0.2, 0.25) is 0 Å². The Balaban J connectivity index is 1.27. The lowest BCUT2D eigenvalue weighted by Crippen LogP contribution is -2.51. The topological polar surface area (TPSA) is 58.4 Å². The van der Waals surface area contributed by atoms with Crippen LogP contribution in [0.15, 0.2) is 24.3 Å². The van der Waals surface area contributed by atoms with E-state index in [1.807, 2.05) is 0 Å². The summed E-state index contributed by atoms with van der Waals surface area (Å²) < 4.78 is 0. The first-order valence-electron chi connectivity index (χ1n) is 11.7. The predicted molar refractivity (Wildman–Crippen MR) is 120 cm³/mol. The lowest BCUT2D eigenvalue weighted by atomic mass is 9.65. The summed E-state index contributed by atoms with van der Waals surface area (Å²) in [6.45, 7) is 8.79. The van der Waals surface area contributed by atoms with Crippen LogP contribution in [-0.2, 0) is 10.2 Å². The lowest BCUT2D eigenvalue weighted by Gasteiger charge is -2.44. The highest BCUT2D eigenvalue weighted by Gasteiger charge is 2.40. The molecule has 160 valence electrons. The third kappa shape index (κ3) is 4.63. The van der Waals surface area contributed by atoms with Crippen LogP contribution in [0.4, 0.5) is 5.69 Å². The fourth-order valence-electron chi connectivity index (χ4n) is 5.78. The molecule has 0 spiro atoms. The van der Waals surface area contributed by atoms with E-state index < -0.39 is 0 Å². The minimum absolute atomic E-state index is 0.188. The van der Waals surface area contributed by atoms with Crippen molar-refractivity contribution in [1.29, 1.82) is 0 Å². The van der Waals surface area contributed by atoms with Crippen LogP contribution >= 0.6 is 0 Å². The molecule has 0 radical (unpaired) electrons. The van der Waals surface area contributed by atoms with Crippen molar-refractivity contribution in [3.63, 3.8) is 0 Å². The molecule has 2 aliphatic carbocycles. The van der Waals surface area contributed by atoms with Crippen molar-refractivity contribution in [2.24, 2.45) is 23.5 Å². The number of fused-ring (bicyclic) bond motifs is 2. The van der Waals surface area contributed by atoms with Crippen LogP contribution in [0.5, 0.6) is 0 Å². The summed E-state index contributed by atoms with van der Waals surface area (Å²) in [5, 5.41) is 3.39. The van der Waals surface area contributed by atoms with Crippen molar-refractivity contribution < 1.29 is 4.79 Å². The van der Waals surface area contributed by atoms with Crippen LogP contribution in [-0.4, -0.2) is 31.1 Å². The van der Waals surface area contributed by atoms with Gasteiger partial charge in [0.1, 0.15) is 0 Å². The second-order valence-corrected chi connectivity index (χ2v) is 10.8. The zero-order chi connectivity index (χ0) is 20.6. The first kappa shape index (κ1) is 20.7. The molecule has 4 nitrogen and oxygen atoms in total. The quantitative estimate of drug-likeness (QED) is 0.803. The number of amides is 1. The van der Waals surface area contributed by atoms with Gasteiger partial charge in [-0.25, -0.2) is 0 Å².